The first-order valence-corrected chi connectivity index (χ1v) is 8.73. The van der Waals surface area contributed by atoms with Gasteiger partial charge in [0.25, 0.3) is 0 Å². The minimum atomic E-state index is -0.135. The van der Waals surface area contributed by atoms with Gasteiger partial charge in [0.2, 0.25) is 11.9 Å². The molecular weight excluding hydrogens is 314 g/mol. The molecular formula is C19H25N5O. The van der Waals surface area contributed by atoms with Gasteiger partial charge in [0.05, 0.1) is 6.04 Å². The third-order valence-corrected chi connectivity index (χ3v) is 4.66. The van der Waals surface area contributed by atoms with E-state index in [-0.39, 0.29) is 11.9 Å². The fourth-order valence-electron chi connectivity index (χ4n) is 2.97. The summed E-state index contributed by atoms with van der Waals surface area (Å²) in [6, 6.07) is 9.92. The molecule has 2 heterocycles. The van der Waals surface area contributed by atoms with Crippen molar-refractivity contribution in [1.29, 1.82) is 0 Å². The maximum atomic E-state index is 12.4. The maximum absolute atomic E-state index is 12.4. The van der Waals surface area contributed by atoms with Crippen LogP contribution in [0.4, 0.5) is 5.95 Å². The number of benzene rings is 1. The smallest absolute Gasteiger partial charge is 0.237 e. The number of anilines is 1. The van der Waals surface area contributed by atoms with Crippen LogP contribution in [0, 0.1) is 6.92 Å². The van der Waals surface area contributed by atoms with Crippen LogP contribution in [0.25, 0.3) is 0 Å². The zero-order chi connectivity index (χ0) is 17.6. The number of rotatable bonds is 5. The van der Waals surface area contributed by atoms with Gasteiger partial charge in [-0.1, -0.05) is 29.8 Å². The Morgan fingerprint density at radius 2 is 1.76 bits per heavy atom. The minimum absolute atomic E-state index is 0.0741. The van der Waals surface area contributed by atoms with Crippen LogP contribution >= 0.6 is 0 Å². The van der Waals surface area contributed by atoms with Crippen LogP contribution in [0.15, 0.2) is 42.7 Å². The Morgan fingerprint density at radius 1 is 1.12 bits per heavy atom. The van der Waals surface area contributed by atoms with Gasteiger partial charge in [-0.2, -0.15) is 0 Å². The van der Waals surface area contributed by atoms with Crippen LogP contribution in [0.3, 0.4) is 0 Å². The van der Waals surface area contributed by atoms with Crippen molar-refractivity contribution in [2.24, 2.45) is 0 Å². The molecule has 1 saturated heterocycles. The van der Waals surface area contributed by atoms with Crippen LogP contribution in [0.1, 0.15) is 18.1 Å². The largest absolute Gasteiger partial charge is 0.351 e. The lowest BCUT2D eigenvalue weighted by Gasteiger charge is -2.37. The first-order valence-electron chi connectivity index (χ1n) is 8.73. The lowest BCUT2D eigenvalue weighted by Crippen LogP contribution is -2.54. The summed E-state index contributed by atoms with van der Waals surface area (Å²) in [5, 5.41) is 3.04. The van der Waals surface area contributed by atoms with Gasteiger partial charge in [-0.3, -0.25) is 9.69 Å². The van der Waals surface area contributed by atoms with Crippen molar-refractivity contribution >= 4 is 11.9 Å². The molecule has 0 aliphatic carbocycles. The van der Waals surface area contributed by atoms with Gasteiger partial charge in [-0.05, 0) is 25.5 Å². The van der Waals surface area contributed by atoms with Crippen molar-refractivity contribution in [2.75, 3.05) is 31.1 Å². The predicted molar refractivity (Wildman–Crippen MR) is 98.3 cm³/mol. The summed E-state index contributed by atoms with van der Waals surface area (Å²) in [6.07, 6.45) is 3.52. The highest BCUT2D eigenvalue weighted by molar-refractivity contribution is 5.81. The van der Waals surface area contributed by atoms with E-state index in [1.807, 2.05) is 13.0 Å². The average Bonchev–Trinajstić information content (AvgIpc) is 2.67. The summed E-state index contributed by atoms with van der Waals surface area (Å²) in [4.78, 5) is 25.4. The number of carbonyl (C=O) groups is 1. The van der Waals surface area contributed by atoms with Crippen molar-refractivity contribution in [2.45, 2.75) is 26.4 Å². The van der Waals surface area contributed by atoms with E-state index in [9.17, 15) is 4.79 Å². The van der Waals surface area contributed by atoms with Crippen LogP contribution in [0.5, 0.6) is 0 Å². The Labute approximate surface area is 148 Å². The number of nitrogens with one attached hydrogen (secondary N) is 1. The molecule has 0 bridgehead atoms. The van der Waals surface area contributed by atoms with Crippen LogP contribution < -0.4 is 10.2 Å². The number of piperazine rings is 1. The first-order chi connectivity index (χ1) is 12.1. The molecule has 25 heavy (non-hydrogen) atoms. The van der Waals surface area contributed by atoms with E-state index >= 15 is 0 Å². The molecule has 1 amide bonds. The van der Waals surface area contributed by atoms with Crippen molar-refractivity contribution in [1.82, 2.24) is 20.2 Å². The molecule has 1 fully saturated rings. The molecule has 132 valence electrons. The highest BCUT2D eigenvalue weighted by atomic mass is 16.2. The van der Waals surface area contributed by atoms with Crippen LogP contribution in [-0.2, 0) is 11.3 Å². The molecule has 3 rings (SSSR count). The standard InChI is InChI=1S/C19H25N5O/c1-15-4-6-17(7-5-15)14-22-18(25)16(2)23-10-12-24(13-11-23)19-20-8-3-9-21-19/h3-9,16H,10-14H2,1-2H3,(H,22,25). The third kappa shape index (κ3) is 4.54. The van der Waals surface area contributed by atoms with Crippen molar-refractivity contribution in [3.05, 3.63) is 53.9 Å². The Balaban J connectivity index is 1.47. The Morgan fingerprint density at radius 3 is 2.40 bits per heavy atom. The van der Waals surface area contributed by atoms with E-state index in [0.717, 1.165) is 37.7 Å². The number of aromatic nitrogens is 2. The fourth-order valence-corrected chi connectivity index (χ4v) is 2.97. The summed E-state index contributed by atoms with van der Waals surface area (Å²) in [6.45, 7) is 7.93. The molecule has 1 unspecified atom stereocenters. The van der Waals surface area contributed by atoms with Gasteiger partial charge < -0.3 is 10.2 Å². The highest BCUT2D eigenvalue weighted by Crippen LogP contribution is 2.12. The number of nitrogens with zero attached hydrogens (tertiary/aromatic N) is 4. The number of carbonyl (C=O) groups excluding carboxylic acids is 1. The lowest BCUT2D eigenvalue weighted by atomic mass is 10.1. The first kappa shape index (κ1) is 17.4. The van der Waals surface area contributed by atoms with Gasteiger partial charge in [0.1, 0.15) is 0 Å². The molecule has 2 aromatic rings. The van der Waals surface area contributed by atoms with Gasteiger partial charge >= 0.3 is 0 Å². The third-order valence-electron chi connectivity index (χ3n) is 4.66. The van der Waals surface area contributed by atoms with E-state index in [1.165, 1.54) is 5.56 Å². The van der Waals surface area contributed by atoms with Gasteiger partial charge in [0.15, 0.2) is 0 Å². The topological polar surface area (TPSA) is 61.4 Å². The van der Waals surface area contributed by atoms with Crippen LogP contribution in [0.2, 0.25) is 0 Å². The molecule has 1 aliphatic rings. The summed E-state index contributed by atoms with van der Waals surface area (Å²) in [7, 11) is 0. The Hall–Kier alpha value is -2.47. The normalized spacial score (nSPS) is 16.5. The molecule has 6 heteroatoms. The van der Waals surface area contributed by atoms with Gasteiger partial charge in [-0.15, -0.1) is 0 Å². The van der Waals surface area contributed by atoms with Crippen molar-refractivity contribution in [3.8, 4) is 0 Å². The quantitative estimate of drug-likeness (QED) is 0.897. The predicted octanol–water partition coefficient (Wildman–Crippen LogP) is 1.61. The number of aryl methyl sites for hydroxylation is 1. The van der Waals surface area contributed by atoms with Crippen molar-refractivity contribution in [3.63, 3.8) is 0 Å². The fraction of sp³-hybridized carbons (Fsp3) is 0.421. The van der Waals surface area contributed by atoms with Crippen molar-refractivity contribution < 1.29 is 4.79 Å². The number of hydrogen-bond donors (Lipinski definition) is 1. The molecule has 1 aromatic carbocycles. The van der Waals surface area contributed by atoms with Gasteiger partial charge in [-0.25, -0.2) is 9.97 Å². The molecule has 1 atom stereocenters. The SMILES string of the molecule is Cc1ccc(CNC(=O)C(C)N2CCN(c3ncccn3)CC2)cc1. The molecule has 0 spiro atoms. The summed E-state index contributed by atoms with van der Waals surface area (Å²) < 4.78 is 0. The van der Waals surface area contributed by atoms with E-state index in [2.05, 4.69) is 56.3 Å². The second-order valence-corrected chi connectivity index (χ2v) is 6.45. The van der Waals surface area contributed by atoms with Gasteiger partial charge in [0, 0.05) is 45.1 Å². The monoisotopic (exact) mass is 339 g/mol. The highest BCUT2D eigenvalue weighted by Gasteiger charge is 2.26. The zero-order valence-electron chi connectivity index (χ0n) is 14.9. The Kier molecular flexibility index (Phi) is 5.60. The van der Waals surface area contributed by atoms with E-state index in [4.69, 9.17) is 0 Å². The molecule has 1 aliphatic heterocycles. The molecule has 0 radical (unpaired) electrons. The maximum Gasteiger partial charge on any atom is 0.237 e. The number of amides is 1. The lowest BCUT2D eigenvalue weighted by molar-refractivity contribution is -0.126. The number of hydrogen-bond acceptors (Lipinski definition) is 5. The van der Waals surface area contributed by atoms with E-state index in [0.29, 0.717) is 6.54 Å². The zero-order valence-corrected chi connectivity index (χ0v) is 14.9. The van der Waals surface area contributed by atoms with E-state index < -0.39 is 0 Å². The average molecular weight is 339 g/mol. The summed E-state index contributed by atoms with van der Waals surface area (Å²) in [5.74, 6) is 0.837. The van der Waals surface area contributed by atoms with Crippen LogP contribution in [-0.4, -0.2) is 53.0 Å². The minimum Gasteiger partial charge on any atom is -0.351 e. The summed E-state index contributed by atoms with van der Waals surface area (Å²) in [5.41, 5.74) is 2.35. The molecule has 1 N–H and O–H groups in total. The molecule has 6 nitrogen and oxygen atoms in total. The second kappa shape index (κ2) is 8.07. The second-order valence-electron chi connectivity index (χ2n) is 6.45. The molecule has 1 aromatic heterocycles. The van der Waals surface area contributed by atoms with E-state index in [1.54, 1.807) is 12.4 Å². The Bertz CT molecular complexity index is 681. The summed E-state index contributed by atoms with van der Waals surface area (Å²) >= 11 is 0. The molecule has 0 saturated carbocycles.